The molecule has 184 valence electrons. The molecule has 1 aromatic carbocycles. The van der Waals surface area contributed by atoms with Gasteiger partial charge in [-0.15, -0.1) is 11.3 Å². The Hall–Kier alpha value is -1.81. The largest absolute Gasteiger partial charge is 0.496 e. The Balaban J connectivity index is 1.65. The van der Waals surface area contributed by atoms with Gasteiger partial charge < -0.3 is 23.8 Å². The van der Waals surface area contributed by atoms with E-state index in [2.05, 4.69) is 32.3 Å². The van der Waals surface area contributed by atoms with Crippen LogP contribution >= 0.6 is 27.3 Å². The van der Waals surface area contributed by atoms with E-state index in [1.165, 1.54) is 18.5 Å². The van der Waals surface area contributed by atoms with Crippen molar-refractivity contribution in [1.82, 2.24) is 9.61 Å². The van der Waals surface area contributed by atoms with Crippen molar-refractivity contribution >= 4 is 37.8 Å². The van der Waals surface area contributed by atoms with Gasteiger partial charge in [0.05, 0.1) is 41.6 Å². The molecule has 0 atom stereocenters. The zero-order valence-electron chi connectivity index (χ0n) is 20.2. The lowest BCUT2D eigenvalue weighted by atomic mass is 10.1. The Labute approximate surface area is 213 Å². The van der Waals surface area contributed by atoms with Crippen LogP contribution in [0, 0.1) is 12.8 Å². The number of halogens is 1. The van der Waals surface area contributed by atoms with Crippen LogP contribution in [0.25, 0.3) is 16.1 Å². The maximum absolute atomic E-state index is 5.83. The minimum Gasteiger partial charge on any atom is -0.496 e. The van der Waals surface area contributed by atoms with Gasteiger partial charge in [-0.25, -0.2) is 4.52 Å². The third-order valence-electron chi connectivity index (χ3n) is 6.76. The molecule has 1 saturated heterocycles. The van der Waals surface area contributed by atoms with Gasteiger partial charge in [0.1, 0.15) is 22.0 Å². The normalized spacial score (nSPS) is 16.9. The van der Waals surface area contributed by atoms with Crippen molar-refractivity contribution in [3.63, 3.8) is 0 Å². The summed E-state index contributed by atoms with van der Waals surface area (Å²) in [6.07, 6.45) is 4.77. The maximum Gasteiger partial charge on any atom is 0.144 e. The number of thiazole rings is 1. The second kappa shape index (κ2) is 10.0. The lowest BCUT2D eigenvalue weighted by Crippen LogP contribution is -2.41. The minimum atomic E-state index is 0.486. The van der Waals surface area contributed by atoms with Gasteiger partial charge >= 0.3 is 0 Å². The number of anilines is 1. The standard InChI is InChI=1S/C25H32BrN3O4S/c1-15-22(28(13-16-5-6-16)18-7-9-33-10-8-18)25-29(27-15)23(24(26)34-25)21-19(31-3)11-17(14-30-2)12-20(21)32-4/h11-12,16,18H,5-10,13-14H2,1-4H3. The molecule has 7 nitrogen and oxygen atoms in total. The predicted molar refractivity (Wildman–Crippen MR) is 139 cm³/mol. The first kappa shape index (κ1) is 23.9. The molecule has 2 aliphatic rings. The summed E-state index contributed by atoms with van der Waals surface area (Å²) in [5, 5.41) is 5.05. The van der Waals surface area contributed by atoms with Gasteiger partial charge in [0.2, 0.25) is 0 Å². The number of methoxy groups -OCH3 is 3. The first-order chi connectivity index (χ1) is 16.5. The van der Waals surface area contributed by atoms with E-state index in [1.807, 2.05) is 12.1 Å². The first-order valence-corrected chi connectivity index (χ1v) is 13.4. The summed E-state index contributed by atoms with van der Waals surface area (Å²) in [6.45, 7) is 5.37. The molecule has 3 aromatic rings. The molecule has 0 bridgehead atoms. The van der Waals surface area contributed by atoms with Crippen LogP contribution in [0.15, 0.2) is 15.9 Å². The predicted octanol–water partition coefficient (Wildman–Crippen LogP) is 5.69. The maximum atomic E-state index is 5.83. The molecular formula is C25H32BrN3O4S. The molecule has 2 fully saturated rings. The van der Waals surface area contributed by atoms with Crippen LogP contribution in [0.4, 0.5) is 5.69 Å². The number of ether oxygens (including phenoxy) is 4. The lowest BCUT2D eigenvalue weighted by molar-refractivity contribution is 0.0842. The molecule has 0 amide bonds. The summed E-state index contributed by atoms with van der Waals surface area (Å²) in [6, 6.07) is 4.51. The Morgan fingerprint density at radius 3 is 2.38 bits per heavy atom. The second-order valence-electron chi connectivity index (χ2n) is 9.12. The number of nitrogens with zero attached hydrogens (tertiary/aromatic N) is 3. The summed E-state index contributed by atoms with van der Waals surface area (Å²) in [4.78, 5) is 3.78. The Morgan fingerprint density at radius 1 is 1.12 bits per heavy atom. The van der Waals surface area contributed by atoms with Crippen LogP contribution in [-0.2, 0) is 16.1 Å². The zero-order chi connectivity index (χ0) is 23.8. The van der Waals surface area contributed by atoms with Crippen molar-refractivity contribution < 1.29 is 18.9 Å². The number of benzene rings is 1. The van der Waals surface area contributed by atoms with Crippen LogP contribution in [0.1, 0.15) is 36.9 Å². The Bertz CT molecular complexity index is 1140. The summed E-state index contributed by atoms with van der Waals surface area (Å²) in [5.41, 5.74) is 5.14. The summed E-state index contributed by atoms with van der Waals surface area (Å²) in [5.74, 6) is 2.26. The summed E-state index contributed by atoms with van der Waals surface area (Å²) >= 11 is 5.57. The molecule has 0 radical (unpaired) electrons. The smallest absolute Gasteiger partial charge is 0.144 e. The summed E-state index contributed by atoms with van der Waals surface area (Å²) < 4.78 is 25.7. The second-order valence-corrected chi connectivity index (χ2v) is 11.4. The van der Waals surface area contributed by atoms with Gasteiger partial charge in [0, 0.05) is 32.9 Å². The van der Waals surface area contributed by atoms with E-state index in [0.717, 1.165) is 81.1 Å². The van der Waals surface area contributed by atoms with E-state index < -0.39 is 0 Å². The molecule has 1 aliphatic carbocycles. The van der Waals surface area contributed by atoms with Crippen LogP contribution in [-0.4, -0.2) is 56.7 Å². The highest BCUT2D eigenvalue weighted by atomic mass is 79.9. The molecule has 5 rings (SSSR count). The van der Waals surface area contributed by atoms with E-state index in [4.69, 9.17) is 24.0 Å². The molecule has 2 aromatic heterocycles. The number of fused-ring (bicyclic) bond motifs is 1. The zero-order valence-corrected chi connectivity index (χ0v) is 22.6. The van der Waals surface area contributed by atoms with Gasteiger partial charge in [-0.1, -0.05) is 0 Å². The molecular weight excluding hydrogens is 518 g/mol. The molecule has 9 heteroatoms. The SMILES string of the molecule is COCc1cc(OC)c(-c2c(Br)sc3c(N(CC4CC4)C4CCOCC4)c(C)nn23)c(OC)c1. The Kier molecular flexibility index (Phi) is 7.07. The molecule has 1 saturated carbocycles. The molecule has 0 spiro atoms. The van der Waals surface area contributed by atoms with Crippen LogP contribution < -0.4 is 14.4 Å². The lowest BCUT2D eigenvalue weighted by Gasteiger charge is -2.36. The van der Waals surface area contributed by atoms with Gasteiger partial charge in [0.25, 0.3) is 0 Å². The van der Waals surface area contributed by atoms with Crippen molar-refractivity contribution in [2.75, 3.05) is 46.0 Å². The number of aryl methyl sites for hydroxylation is 1. The van der Waals surface area contributed by atoms with Crippen LogP contribution in [0.3, 0.4) is 0 Å². The van der Waals surface area contributed by atoms with Gasteiger partial charge in [0.15, 0.2) is 0 Å². The number of rotatable bonds is 9. The van der Waals surface area contributed by atoms with Crippen LogP contribution in [0.2, 0.25) is 0 Å². The highest BCUT2D eigenvalue weighted by Crippen LogP contribution is 2.48. The van der Waals surface area contributed by atoms with Gasteiger partial charge in [-0.2, -0.15) is 5.10 Å². The van der Waals surface area contributed by atoms with E-state index in [-0.39, 0.29) is 0 Å². The van der Waals surface area contributed by atoms with Crippen molar-refractivity contribution in [1.29, 1.82) is 0 Å². The van der Waals surface area contributed by atoms with E-state index in [1.54, 1.807) is 32.7 Å². The number of hydrogen-bond acceptors (Lipinski definition) is 7. The van der Waals surface area contributed by atoms with Crippen molar-refractivity contribution in [2.45, 2.75) is 45.3 Å². The van der Waals surface area contributed by atoms with Gasteiger partial charge in [-0.3, -0.25) is 0 Å². The van der Waals surface area contributed by atoms with Crippen molar-refractivity contribution in [2.24, 2.45) is 5.92 Å². The van der Waals surface area contributed by atoms with Gasteiger partial charge in [-0.05, 0) is 72.2 Å². The quantitative estimate of drug-likeness (QED) is 0.341. The molecule has 0 unspecified atom stereocenters. The summed E-state index contributed by atoms with van der Waals surface area (Å²) in [7, 11) is 5.06. The molecule has 3 heterocycles. The topological polar surface area (TPSA) is 57.5 Å². The fraction of sp³-hybridized carbons (Fsp3) is 0.560. The minimum absolute atomic E-state index is 0.486. The molecule has 1 aliphatic heterocycles. The highest BCUT2D eigenvalue weighted by Gasteiger charge is 2.34. The van der Waals surface area contributed by atoms with E-state index in [9.17, 15) is 0 Å². The molecule has 34 heavy (non-hydrogen) atoms. The number of aromatic nitrogens is 2. The van der Waals surface area contributed by atoms with Crippen molar-refractivity contribution in [3.8, 4) is 22.8 Å². The average Bonchev–Trinajstić information content (AvgIpc) is 3.55. The fourth-order valence-electron chi connectivity index (χ4n) is 4.94. The third kappa shape index (κ3) is 4.43. The number of hydrogen-bond donors (Lipinski definition) is 0. The fourth-order valence-corrected chi connectivity index (χ4v) is 6.80. The highest BCUT2D eigenvalue weighted by molar-refractivity contribution is 9.11. The van der Waals surface area contributed by atoms with Crippen LogP contribution in [0.5, 0.6) is 11.5 Å². The van der Waals surface area contributed by atoms with Crippen molar-refractivity contribution in [3.05, 3.63) is 27.2 Å². The monoisotopic (exact) mass is 549 g/mol. The molecule has 0 N–H and O–H groups in total. The van der Waals surface area contributed by atoms with E-state index in [0.29, 0.717) is 12.6 Å². The Morgan fingerprint density at radius 2 is 1.79 bits per heavy atom. The van der Waals surface area contributed by atoms with E-state index >= 15 is 0 Å². The third-order valence-corrected chi connectivity index (χ3v) is 8.55. The first-order valence-electron chi connectivity index (χ1n) is 11.8. The average molecular weight is 551 g/mol.